The second-order valence-electron chi connectivity index (χ2n) is 6.30. The van der Waals surface area contributed by atoms with Gasteiger partial charge in [-0.3, -0.25) is 9.63 Å². The second-order valence-corrected chi connectivity index (χ2v) is 6.30. The Hall–Kier alpha value is -2.95. The summed E-state index contributed by atoms with van der Waals surface area (Å²) in [7, 11) is 0. The van der Waals surface area contributed by atoms with Crippen molar-refractivity contribution in [3.8, 4) is 0 Å². The fourth-order valence-electron chi connectivity index (χ4n) is 3.22. The second kappa shape index (κ2) is 7.52. The van der Waals surface area contributed by atoms with Crippen LogP contribution in [0.3, 0.4) is 0 Å². The van der Waals surface area contributed by atoms with E-state index in [4.69, 9.17) is 4.84 Å². The van der Waals surface area contributed by atoms with Gasteiger partial charge in [-0.15, -0.1) is 0 Å². The molecule has 0 aromatic heterocycles. The van der Waals surface area contributed by atoms with Crippen molar-refractivity contribution in [3.63, 3.8) is 0 Å². The lowest BCUT2D eigenvalue weighted by Crippen LogP contribution is -2.36. The normalized spacial score (nSPS) is 15.9. The predicted molar refractivity (Wildman–Crippen MR) is 99.9 cm³/mol. The molecule has 4 nitrogen and oxygen atoms in total. The molecule has 0 radical (unpaired) electrons. The first-order valence-electron chi connectivity index (χ1n) is 8.68. The van der Waals surface area contributed by atoms with Gasteiger partial charge in [-0.25, -0.2) is 0 Å². The van der Waals surface area contributed by atoms with Gasteiger partial charge in [0.15, 0.2) is 0 Å². The first kappa shape index (κ1) is 16.5. The van der Waals surface area contributed by atoms with E-state index in [1.807, 2.05) is 89.8 Å². The highest BCUT2D eigenvalue weighted by Crippen LogP contribution is 2.33. The summed E-state index contributed by atoms with van der Waals surface area (Å²) in [5.41, 5.74) is 6.93. The number of hydrogen-bond acceptors (Lipinski definition) is 3. The molecule has 0 saturated heterocycles. The third kappa shape index (κ3) is 3.38. The Labute approximate surface area is 153 Å². The highest BCUT2D eigenvalue weighted by atomic mass is 16.6. The van der Waals surface area contributed by atoms with Gasteiger partial charge in [-0.05, 0) is 17.2 Å². The minimum absolute atomic E-state index is 0.0188. The molecule has 1 atom stereocenters. The van der Waals surface area contributed by atoms with E-state index in [1.54, 1.807) is 0 Å². The largest absolute Gasteiger partial charge is 0.313 e. The maximum atomic E-state index is 12.9. The highest BCUT2D eigenvalue weighted by Gasteiger charge is 2.36. The molecule has 1 aliphatic heterocycles. The zero-order chi connectivity index (χ0) is 17.8. The van der Waals surface area contributed by atoms with Crippen LogP contribution in [0.2, 0.25) is 0 Å². The summed E-state index contributed by atoms with van der Waals surface area (Å²) in [5, 5.41) is 0. The summed E-state index contributed by atoms with van der Waals surface area (Å²) in [6, 6.07) is 27.6. The Morgan fingerprint density at radius 3 is 2.15 bits per heavy atom. The van der Waals surface area contributed by atoms with Crippen molar-refractivity contribution in [2.75, 3.05) is 0 Å². The van der Waals surface area contributed by atoms with Crippen LogP contribution in [-0.4, -0.2) is 10.8 Å². The van der Waals surface area contributed by atoms with Crippen LogP contribution in [0, 0.1) is 0 Å². The molecule has 1 N–H and O–H groups in total. The Morgan fingerprint density at radius 1 is 0.808 bits per heavy atom. The number of nitrogens with one attached hydrogen (secondary N) is 1. The van der Waals surface area contributed by atoms with Gasteiger partial charge in [-0.2, -0.15) is 5.48 Å². The molecule has 26 heavy (non-hydrogen) atoms. The van der Waals surface area contributed by atoms with Crippen molar-refractivity contribution in [2.24, 2.45) is 0 Å². The fourth-order valence-corrected chi connectivity index (χ4v) is 3.22. The molecule has 1 unspecified atom stereocenters. The molecule has 3 aromatic carbocycles. The third-order valence-electron chi connectivity index (χ3n) is 4.53. The molecule has 4 heteroatoms. The maximum absolute atomic E-state index is 12.9. The van der Waals surface area contributed by atoms with Gasteiger partial charge in [0.1, 0.15) is 6.17 Å². The summed E-state index contributed by atoms with van der Waals surface area (Å²) in [6.07, 6.45) is -0.303. The van der Waals surface area contributed by atoms with Crippen LogP contribution in [-0.2, 0) is 18.0 Å². The number of benzene rings is 3. The summed E-state index contributed by atoms with van der Waals surface area (Å²) in [5.74, 6) is 0.0188. The van der Waals surface area contributed by atoms with E-state index in [0.717, 1.165) is 22.3 Å². The molecule has 4 rings (SSSR count). The number of carbonyl (C=O) groups excluding carboxylic acids is 1. The zero-order valence-corrected chi connectivity index (χ0v) is 14.3. The molecule has 0 fully saturated rings. The average molecular weight is 344 g/mol. The number of hydrogen-bond donors (Lipinski definition) is 1. The van der Waals surface area contributed by atoms with Gasteiger partial charge in [0.05, 0.1) is 6.61 Å². The Morgan fingerprint density at radius 2 is 1.42 bits per heavy atom. The number of fused-ring (bicyclic) bond motifs is 1. The van der Waals surface area contributed by atoms with Crippen LogP contribution < -0.4 is 5.48 Å². The predicted octanol–water partition coefficient (Wildman–Crippen LogP) is 4.06. The van der Waals surface area contributed by atoms with Crippen molar-refractivity contribution in [1.82, 2.24) is 10.4 Å². The lowest BCUT2D eigenvalue weighted by molar-refractivity contribution is -0.0353. The van der Waals surface area contributed by atoms with Gasteiger partial charge in [-0.1, -0.05) is 78.9 Å². The van der Waals surface area contributed by atoms with E-state index >= 15 is 0 Å². The topological polar surface area (TPSA) is 41.6 Å². The van der Waals surface area contributed by atoms with E-state index < -0.39 is 0 Å². The van der Waals surface area contributed by atoms with Crippen molar-refractivity contribution in [2.45, 2.75) is 19.3 Å². The third-order valence-corrected chi connectivity index (χ3v) is 4.53. The molecule has 0 spiro atoms. The van der Waals surface area contributed by atoms with Gasteiger partial charge >= 0.3 is 0 Å². The zero-order valence-electron chi connectivity index (χ0n) is 14.3. The Kier molecular flexibility index (Phi) is 4.78. The van der Waals surface area contributed by atoms with Gasteiger partial charge < -0.3 is 4.90 Å². The van der Waals surface area contributed by atoms with Crippen LogP contribution >= 0.6 is 0 Å². The quantitative estimate of drug-likeness (QED) is 0.686. The van der Waals surface area contributed by atoms with Crippen molar-refractivity contribution < 1.29 is 9.63 Å². The van der Waals surface area contributed by atoms with E-state index in [2.05, 4.69) is 5.48 Å². The number of hydroxylamine groups is 1. The molecule has 3 aromatic rings. The van der Waals surface area contributed by atoms with Crippen LogP contribution in [0.1, 0.15) is 33.2 Å². The van der Waals surface area contributed by atoms with Gasteiger partial charge in [0.2, 0.25) is 0 Å². The van der Waals surface area contributed by atoms with E-state index in [-0.39, 0.29) is 12.1 Å². The van der Waals surface area contributed by atoms with Crippen molar-refractivity contribution >= 4 is 5.91 Å². The summed E-state index contributed by atoms with van der Waals surface area (Å²) >= 11 is 0. The summed E-state index contributed by atoms with van der Waals surface area (Å²) in [6.45, 7) is 0.966. The average Bonchev–Trinajstić information content (AvgIpc) is 2.96. The van der Waals surface area contributed by atoms with Crippen LogP contribution in [0.25, 0.3) is 0 Å². The first-order chi connectivity index (χ1) is 12.8. The molecule has 0 bridgehead atoms. The SMILES string of the molecule is O=C1c2ccccc2C(NOCc2ccccc2)N1Cc1ccccc1. The lowest BCUT2D eigenvalue weighted by atomic mass is 10.1. The maximum Gasteiger partial charge on any atom is 0.256 e. The molecule has 1 amide bonds. The standard InChI is InChI=1S/C22H20N2O2/c25-22-20-14-8-7-13-19(20)21(23-26-16-18-11-5-2-6-12-18)24(22)15-17-9-3-1-4-10-17/h1-14,21,23H,15-16H2. The number of carbonyl (C=O) groups is 1. The number of rotatable bonds is 6. The first-order valence-corrected chi connectivity index (χ1v) is 8.68. The Bertz CT molecular complexity index is 881. The summed E-state index contributed by atoms with van der Waals surface area (Å²) < 4.78 is 0. The van der Waals surface area contributed by atoms with Crippen LogP contribution in [0.4, 0.5) is 0 Å². The van der Waals surface area contributed by atoms with Crippen molar-refractivity contribution in [3.05, 3.63) is 107 Å². The van der Waals surface area contributed by atoms with Gasteiger partial charge in [0.25, 0.3) is 5.91 Å². The molecule has 130 valence electrons. The minimum Gasteiger partial charge on any atom is -0.313 e. The number of nitrogens with zero attached hydrogens (tertiary/aromatic N) is 1. The molecule has 0 saturated carbocycles. The molecule has 1 aliphatic rings. The monoisotopic (exact) mass is 344 g/mol. The van der Waals surface area contributed by atoms with E-state index in [0.29, 0.717) is 13.2 Å². The minimum atomic E-state index is -0.303. The molecule has 0 aliphatic carbocycles. The van der Waals surface area contributed by atoms with E-state index in [9.17, 15) is 4.79 Å². The lowest BCUT2D eigenvalue weighted by Gasteiger charge is -2.26. The number of amides is 1. The van der Waals surface area contributed by atoms with Crippen LogP contribution in [0.15, 0.2) is 84.9 Å². The van der Waals surface area contributed by atoms with Gasteiger partial charge in [0, 0.05) is 17.7 Å². The molecular formula is C22H20N2O2. The van der Waals surface area contributed by atoms with E-state index in [1.165, 1.54) is 0 Å². The summed E-state index contributed by atoms with van der Waals surface area (Å²) in [4.78, 5) is 20.4. The highest BCUT2D eigenvalue weighted by molar-refractivity contribution is 5.99. The Balaban J connectivity index is 1.53. The fraction of sp³-hybridized carbons (Fsp3) is 0.136. The smallest absolute Gasteiger partial charge is 0.256 e. The van der Waals surface area contributed by atoms with Crippen LogP contribution in [0.5, 0.6) is 0 Å². The molecule has 1 heterocycles. The van der Waals surface area contributed by atoms with Crippen molar-refractivity contribution in [1.29, 1.82) is 0 Å². The molecular weight excluding hydrogens is 324 g/mol.